The Balaban J connectivity index is 1.75. The van der Waals surface area contributed by atoms with Crippen LogP contribution in [0.25, 0.3) is 0 Å². The number of Topliss-reactive ketones (excluding diaryl/α,β-unsaturated/α-hetero) is 1. The molecule has 3 heteroatoms. The van der Waals surface area contributed by atoms with Crippen LogP contribution in [-0.2, 0) is 6.42 Å². The molecule has 1 fully saturated rings. The molecule has 0 unspecified atom stereocenters. The van der Waals surface area contributed by atoms with Crippen LogP contribution in [0.15, 0.2) is 47.1 Å². The molecule has 96 valence electrons. The van der Waals surface area contributed by atoms with E-state index in [-0.39, 0.29) is 5.78 Å². The highest BCUT2D eigenvalue weighted by atomic mass is 79.9. The van der Waals surface area contributed by atoms with Crippen LogP contribution >= 0.6 is 15.9 Å². The molecule has 1 aliphatic rings. The quantitative estimate of drug-likeness (QED) is 0.793. The van der Waals surface area contributed by atoms with Gasteiger partial charge in [0.05, 0.1) is 6.42 Å². The maximum Gasteiger partial charge on any atom is 0.168 e. The second-order valence-electron chi connectivity index (χ2n) is 4.96. The van der Waals surface area contributed by atoms with Gasteiger partial charge in [0.1, 0.15) is 0 Å². The third kappa shape index (κ3) is 3.10. The molecule has 1 aromatic carbocycles. The minimum atomic E-state index is 0.118. The van der Waals surface area contributed by atoms with Gasteiger partial charge in [0.25, 0.3) is 0 Å². The number of pyridine rings is 1. The number of hydrogen-bond acceptors (Lipinski definition) is 2. The zero-order valence-electron chi connectivity index (χ0n) is 10.5. The van der Waals surface area contributed by atoms with Gasteiger partial charge >= 0.3 is 0 Å². The Morgan fingerprint density at radius 1 is 1.21 bits per heavy atom. The molecule has 19 heavy (non-hydrogen) atoms. The first-order valence-corrected chi connectivity index (χ1v) is 7.25. The van der Waals surface area contributed by atoms with Gasteiger partial charge in [-0.1, -0.05) is 28.1 Å². The molecule has 3 rings (SSSR count). The molecular weight excluding hydrogens is 302 g/mol. The Morgan fingerprint density at radius 3 is 2.63 bits per heavy atom. The van der Waals surface area contributed by atoms with Crippen molar-refractivity contribution in [2.24, 2.45) is 0 Å². The lowest BCUT2D eigenvalue weighted by molar-refractivity contribution is 0.0992. The van der Waals surface area contributed by atoms with Crippen molar-refractivity contribution >= 4 is 21.7 Å². The molecule has 2 aromatic rings. The fourth-order valence-corrected chi connectivity index (χ4v) is 2.43. The molecule has 1 saturated carbocycles. The predicted octanol–water partition coefficient (Wildman–Crippen LogP) is 4.15. The third-order valence-electron chi connectivity index (χ3n) is 3.40. The Morgan fingerprint density at radius 2 is 1.95 bits per heavy atom. The molecule has 0 bridgehead atoms. The number of nitrogens with zero attached hydrogens (tertiary/aromatic N) is 1. The van der Waals surface area contributed by atoms with Crippen molar-refractivity contribution in [3.63, 3.8) is 0 Å². The maximum atomic E-state index is 12.2. The van der Waals surface area contributed by atoms with Crippen molar-refractivity contribution in [3.05, 3.63) is 63.9 Å². The lowest BCUT2D eigenvalue weighted by atomic mass is 10.0. The predicted molar refractivity (Wildman–Crippen MR) is 78.4 cm³/mol. The number of carbonyl (C=O) groups excluding carboxylic acids is 1. The number of carbonyl (C=O) groups is 1. The summed E-state index contributed by atoms with van der Waals surface area (Å²) in [4.78, 5) is 16.5. The van der Waals surface area contributed by atoms with E-state index in [9.17, 15) is 4.79 Å². The molecule has 0 radical (unpaired) electrons. The summed E-state index contributed by atoms with van der Waals surface area (Å²) in [5, 5.41) is 0. The SMILES string of the molecule is O=C(Cc1cc(C2CC2)ccn1)c1ccc(Br)cc1. The molecule has 0 atom stereocenters. The molecule has 1 aliphatic carbocycles. The summed E-state index contributed by atoms with van der Waals surface area (Å²) in [5.41, 5.74) is 2.94. The molecule has 1 heterocycles. The van der Waals surface area contributed by atoms with Crippen molar-refractivity contribution in [1.82, 2.24) is 4.98 Å². The van der Waals surface area contributed by atoms with Gasteiger partial charge in [-0.2, -0.15) is 0 Å². The maximum absolute atomic E-state index is 12.2. The van der Waals surface area contributed by atoms with E-state index in [1.807, 2.05) is 30.5 Å². The first kappa shape index (κ1) is 12.5. The highest BCUT2D eigenvalue weighted by Gasteiger charge is 2.23. The summed E-state index contributed by atoms with van der Waals surface area (Å²) in [6.45, 7) is 0. The van der Waals surface area contributed by atoms with Crippen LogP contribution in [0.1, 0.15) is 40.4 Å². The van der Waals surface area contributed by atoms with E-state index in [4.69, 9.17) is 0 Å². The van der Waals surface area contributed by atoms with Crippen LogP contribution < -0.4 is 0 Å². The second-order valence-corrected chi connectivity index (χ2v) is 5.88. The zero-order valence-corrected chi connectivity index (χ0v) is 12.1. The van der Waals surface area contributed by atoms with Crippen LogP contribution in [0.2, 0.25) is 0 Å². The van der Waals surface area contributed by atoms with Crippen molar-refractivity contribution in [2.45, 2.75) is 25.2 Å². The van der Waals surface area contributed by atoms with E-state index < -0.39 is 0 Å². The highest BCUT2D eigenvalue weighted by Crippen LogP contribution is 2.39. The number of halogens is 1. The van der Waals surface area contributed by atoms with Gasteiger partial charge in [0, 0.05) is 21.9 Å². The smallest absolute Gasteiger partial charge is 0.168 e. The average molecular weight is 316 g/mol. The standard InChI is InChI=1S/C16H14BrNO/c17-14-5-3-12(4-6-14)16(19)10-15-9-13(7-8-18-15)11-1-2-11/h3-9,11H,1-2,10H2. The fraction of sp³-hybridized carbons (Fsp3) is 0.250. The van der Waals surface area contributed by atoms with E-state index in [1.165, 1.54) is 18.4 Å². The van der Waals surface area contributed by atoms with Crippen molar-refractivity contribution in [1.29, 1.82) is 0 Å². The van der Waals surface area contributed by atoms with Gasteiger partial charge < -0.3 is 0 Å². The van der Waals surface area contributed by atoms with E-state index in [2.05, 4.69) is 33.0 Å². The highest BCUT2D eigenvalue weighted by molar-refractivity contribution is 9.10. The molecule has 2 nitrogen and oxygen atoms in total. The number of hydrogen-bond donors (Lipinski definition) is 0. The summed E-state index contributed by atoms with van der Waals surface area (Å²) in [7, 11) is 0. The second kappa shape index (κ2) is 5.25. The molecule has 0 aliphatic heterocycles. The summed E-state index contributed by atoms with van der Waals surface area (Å²) >= 11 is 3.37. The molecule has 0 saturated heterocycles. The summed E-state index contributed by atoms with van der Waals surface area (Å²) in [6, 6.07) is 11.6. The first-order valence-electron chi connectivity index (χ1n) is 6.46. The van der Waals surface area contributed by atoms with E-state index in [1.54, 1.807) is 0 Å². The topological polar surface area (TPSA) is 30.0 Å². The lowest BCUT2D eigenvalue weighted by Crippen LogP contribution is -2.05. The van der Waals surface area contributed by atoms with Crippen LogP contribution in [-0.4, -0.2) is 10.8 Å². The Kier molecular flexibility index (Phi) is 3.47. The van der Waals surface area contributed by atoms with Gasteiger partial charge in [0.2, 0.25) is 0 Å². The Hall–Kier alpha value is -1.48. The Bertz CT molecular complexity index is 602. The summed E-state index contributed by atoms with van der Waals surface area (Å²) in [5.74, 6) is 0.817. The number of rotatable bonds is 4. The minimum absolute atomic E-state index is 0.118. The monoisotopic (exact) mass is 315 g/mol. The van der Waals surface area contributed by atoms with Gasteiger partial charge in [0.15, 0.2) is 5.78 Å². The van der Waals surface area contributed by atoms with Gasteiger partial charge in [-0.05, 0) is 48.6 Å². The third-order valence-corrected chi connectivity index (χ3v) is 3.93. The first-order chi connectivity index (χ1) is 9.22. The van der Waals surface area contributed by atoms with Crippen LogP contribution in [0.3, 0.4) is 0 Å². The summed E-state index contributed by atoms with van der Waals surface area (Å²) in [6.07, 6.45) is 4.73. The Labute approximate surface area is 121 Å². The molecule has 1 aromatic heterocycles. The lowest BCUT2D eigenvalue weighted by Gasteiger charge is -2.03. The van der Waals surface area contributed by atoms with Gasteiger partial charge in [-0.3, -0.25) is 9.78 Å². The van der Waals surface area contributed by atoms with Crippen LogP contribution in [0.5, 0.6) is 0 Å². The van der Waals surface area contributed by atoms with E-state index >= 15 is 0 Å². The summed E-state index contributed by atoms with van der Waals surface area (Å²) < 4.78 is 0.984. The van der Waals surface area contributed by atoms with Crippen molar-refractivity contribution in [3.8, 4) is 0 Å². The number of aromatic nitrogens is 1. The minimum Gasteiger partial charge on any atom is -0.294 e. The van der Waals surface area contributed by atoms with Crippen molar-refractivity contribution < 1.29 is 4.79 Å². The molecule has 0 N–H and O–H groups in total. The average Bonchev–Trinajstić information content (AvgIpc) is 3.24. The van der Waals surface area contributed by atoms with Crippen LogP contribution in [0.4, 0.5) is 0 Å². The van der Waals surface area contributed by atoms with E-state index in [0.29, 0.717) is 12.3 Å². The zero-order chi connectivity index (χ0) is 13.2. The van der Waals surface area contributed by atoms with E-state index in [0.717, 1.165) is 15.7 Å². The fourth-order valence-electron chi connectivity index (χ4n) is 2.17. The largest absolute Gasteiger partial charge is 0.294 e. The van der Waals surface area contributed by atoms with Crippen molar-refractivity contribution in [2.75, 3.05) is 0 Å². The van der Waals surface area contributed by atoms with Crippen LogP contribution in [0, 0.1) is 0 Å². The van der Waals surface area contributed by atoms with Gasteiger partial charge in [-0.15, -0.1) is 0 Å². The molecular formula is C16H14BrNO. The number of ketones is 1. The normalized spacial score (nSPS) is 14.4. The molecule has 0 spiro atoms. The number of benzene rings is 1. The molecule has 0 amide bonds. The van der Waals surface area contributed by atoms with Gasteiger partial charge in [-0.25, -0.2) is 0 Å².